The molecule has 3 aromatic rings. The van der Waals surface area contributed by atoms with Gasteiger partial charge in [0.25, 0.3) is 0 Å². The standard InChI is InChI=1S/C36H43N3O5/c1-24-5-3-6-30(31-7-4-8-33(37-31)39-20-29-18-36(29,35(40)41)32(39)23-42-2)34(24)44-22-26-9-10-28-19-38(15-12-27(28)17-26)14-11-25-13-16-43-21-25/h3-10,17,25,29,32H,11-16,18-23H2,1-2H3,(H,40,41)/t25?,29-,32+,36+/m0/s1. The molecule has 0 radical (unpaired) electrons. The minimum Gasteiger partial charge on any atom is -0.488 e. The smallest absolute Gasteiger partial charge is 0.312 e. The van der Waals surface area contributed by atoms with Gasteiger partial charge in [-0.3, -0.25) is 9.69 Å². The van der Waals surface area contributed by atoms with Gasteiger partial charge in [0.05, 0.1) is 23.8 Å². The summed E-state index contributed by atoms with van der Waals surface area (Å²) in [5.74, 6) is 1.74. The zero-order valence-electron chi connectivity index (χ0n) is 25.8. The molecule has 2 aromatic carbocycles. The maximum Gasteiger partial charge on any atom is 0.312 e. The highest BCUT2D eigenvalue weighted by molar-refractivity contribution is 5.82. The van der Waals surface area contributed by atoms with Gasteiger partial charge in [-0.2, -0.15) is 0 Å². The van der Waals surface area contributed by atoms with Crippen LogP contribution in [0.25, 0.3) is 11.3 Å². The number of aliphatic carboxylic acids is 1. The fourth-order valence-electron chi connectivity index (χ4n) is 7.74. The Morgan fingerprint density at radius 2 is 2.05 bits per heavy atom. The van der Waals surface area contributed by atoms with Gasteiger partial charge in [0.1, 0.15) is 18.2 Å². The lowest BCUT2D eigenvalue weighted by molar-refractivity contribution is -0.144. The third-order valence-electron chi connectivity index (χ3n) is 10.4. The van der Waals surface area contributed by atoms with Crippen LogP contribution in [0.3, 0.4) is 0 Å². The molecule has 232 valence electrons. The van der Waals surface area contributed by atoms with Crippen molar-refractivity contribution < 1.29 is 24.1 Å². The summed E-state index contributed by atoms with van der Waals surface area (Å²) in [6, 6.07) is 18.7. The van der Waals surface area contributed by atoms with Crippen molar-refractivity contribution in [1.29, 1.82) is 0 Å². The van der Waals surface area contributed by atoms with Gasteiger partial charge in [-0.15, -0.1) is 0 Å². The van der Waals surface area contributed by atoms with Crippen molar-refractivity contribution in [3.8, 4) is 17.0 Å². The lowest BCUT2D eigenvalue weighted by Gasteiger charge is -2.31. The molecule has 8 heteroatoms. The maximum atomic E-state index is 12.2. The minimum atomic E-state index is -0.733. The normalized spacial score (nSPS) is 26.0. The van der Waals surface area contributed by atoms with E-state index >= 15 is 0 Å². The van der Waals surface area contributed by atoms with E-state index in [1.807, 2.05) is 24.3 Å². The summed E-state index contributed by atoms with van der Waals surface area (Å²) < 4.78 is 17.6. The second kappa shape index (κ2) is 12.1. The first kappa shape index (κ1) is 29.3. The van der Waals surface area contributed by atoms with E-state index in [0.717, 1.165) is 73.6 Å². The number of anilines is 1. The molecule has 4 atom stereocenters. The van der Waals surface area contributed by atoms with E-state index in [-0.39, 0.29) is 12.0 Å². The number of rotatable bonds is 11. The number of piperidine rings is 1. The number of fused-ring (bicyclic) bond motifs is 2. The van der Waals surface area contributed by atoms with Gasteiger partial charge in [-0.05, 0) is 91.4 Å². The Morgan fingerprint density at radius 3 is 2.86 bits per heavy atom. The average Bonchev–Trinajstić information content (AvgIpc) is 3.36. The van der Waals surface area contributed by atoms with Crippen molar-refractivity contribution >= 4 is 11.8 Å². The number of carbonyl (C=O) groups is 1. The Morgan fingerprint density at radius 1 is 1.16 bits per heavy atom. The zero-order valence-corrected chi connectivity index (χ0v) is 25.8. The van der Waals surface area contributed by atoms with Crippen molar-refractivity contribution in [3.63, 3.8) is 0 Å². The Kier molecular flexibility index (Phi) is 8.08. The molecule has 44 heavy (non-hydrogen) atoms. The Labute approximate surface area is 259 Å². The number of aromatic nitrogens is 1. The molecular weight excluding hydrogens is 554 g/mol. The van der Waals surface area contributed by atoms with Crippen LogP contribution in [0.1, 0.15) is 41.5 Å². The Hall–Kier alpha value is -3.46. The van der Waals surface area contributed by atoms with Crippen LogP contribution in [0.5, 0.6) is 5.75 Å². The molecule has 1 aliphatic carbocycles. The topological polar surface area (TPSA) is 84.4 Å². The van der Waals surface area contributed by atoms with Crippen LogP contribution < -0.4 is 9.64 Å². The molecule has 1 unspecified atom stereocenters. The van der Waals surface area contributed by atoms with E-state index < -0.39 is 11.4 Å². The number of carboxylic acid groups (broad SMARTS) is 1. The van der Waals surface area contributed by atoms with Crippen LogP contribution in [0.4, 0.5) is 5.82 Å². The van der Waals surface area contributed by atoms with Crippen LogP contribution in [-0.4, -0.2) is 73.6 Å². The minimum absolute atomic E-state index is 0.134. The lowest BCUT2D eigenvalue weighted by atomic mass is 9.96. The van der Waals surface area contributed by atoms with Crippen LogP contribution in [0.15, 0.2) is 54.6 Å². The Bertz CT molecular complexity index is 1520. The summed E-state index contributed by atoms with van der Waals surface area (Å²) in [6.45, 7) is 8.73. The van der Waals surface area contributed by atoms with Gasteiger partial charge in [0, 0.05) is 45.5 Å². The van der Waals surface area contributed by atoms with Crippen LogP contribution in [0.2, 0.25) is 0 Å². The van der Waals surface area contributed by atoms with Gasteiger partial charge >= 0.3 is 5.97 Å². The number of methoxy groups -OCH3 is 1. The van der Waals surface area contributed by atoms with Crippen molar-refractivity contribution in [2.45, 2.75) is 51.8 Å². The first-order chi connectivity index (χ1) is 21.5. The van der Waals surface area contributed by atoms with Gasteiger partial charge in [-0.25, -0.2) is 4.98 Å². The quantitative estimate of drug-likeness (QED) is 0.317. The number of hydrogen-bond donors (Lipinski definition) is 1. The van der Waals surface area contributed by atoms with E-state index in [1.165, 1.54) is 29.5 Å². The predicted octanol–water partition coefficient (Wildman–Crippen LogP) is 5.35. The summed E-state index contributed by atoms with van der Waals surface area (Å²) in [7, 11) is 1.63. The fraction of sp³-hybridized carbons (Fsp3) is 0.500. The fourth-order valence-corrected chi connectivity index (χ4v) is 7.74. The summed E-state index contributed by atoms with van der Waals surface area (Å²) in [6.07, 6.45) is 4.22. The van der Waals surface area contributed by atoms with E-state index in [4.69, 9.17) is 19.2 Å². The highest BCUT2D eigenvalue weighted by Gasteiger charge is 2.71. The number of nitrogens with zero attached hydrogens (tertiary/aromatic N) is 3. The van der Waals surface area contributed by atoms with E-state index in [9.17, 15) is 9.90 Å². The largest absolute Gasteiger partial charge is 0.488 e. The molecule has 0 amide bonds. The molecule has 4 heterocycles. The molecule has 1 aromatic heterocycles. The first-order valence-electron chi connectivity index (χ1n) is 16.1. The summed E-state index contributed by atoms with van der Waals surface area (Å²) >= 11 is 0. The maximum absolute atomic E-state index is 12.2. The van der Waals surface area contributed by atoms with Gasteiger partial charge in [0.2, 0.25) is 0 Å². The summed E-state index contributed by atoms with van der Waals surface area (Å²) in [5, 5.41) is 10.0. The number of benzene rings is 2. The highest BCUT2D eigenvalue weighted by atomic mass is 16.5. The van der Waals surface area contributed by atoms with Crippen LogP contribution in [0, 0.1) is 24.2 Å². The molecule has 2 saturated heterocycles. The zero-order chi connectivity index (χ0) is 30.3. The Balaban J connectivity index is 1.05. The molecular formula is C36H43N3O5. The van der Waals surface area contributed by atoms with Gasteiger partial charge in [0.15, 0.2) is 0 Å². The van der Waals surface area contributed by atoms with Crippen molar-refractivity contribution in [1.82, 2.24) is 9.88 Å². The van der Waals surface area contributed by atoms with Crippen molar-refractivity contribution in [2.75, 3.05) is 51.5 Å². The van der Waals surface area contributed by atoms with Crippen LogP contribution in [-0.2, 0) is 33.8 Å². The summed E-state index contributed by atoms with van der Waals surface area (Å²) in [5.41, 5.74) is 6.11. The average molecular weight is 598 g/mol. The molecule has 7 rings (SSSR count). The molecule has 3 aliphatic heterocycles. The lowest BCUT2D eigenvalue weighted by Crippen LogP contribution is -2.43. The molecule has 0 bridgehead atoms. The number of carboxylic acids is 1. The molecule has 1 saturated carbocycles. The summed E-state index contributed by atoms with van der Waals surface area (Å²) in [4.78, 5) is 22.0. The monoisotopic (exact) mass is 597 g/mol. The van der Waals surface area contributed by atoms with E-state index in [0.29, 0.717) is 26.2 Å². The molecule has 3 fully saturated rings. The van der Waals surface area contributed by atoms with Crippen LogP contribution >= 0.6 is 0 Å². The number of aryl methyl sites for hydroxylation is 1. The number of pyridine rings is 1. The van der Waals surface area contributed by atoms with Gasteiger partial charge < -0.3 is 24.2 Å². The van der Waals surface area contributed by atoms with E-state index in [1.54, 1.807) is 7.11 Å². The number of hydrogen-bond acceptors (Lipinski definition) is 7. The second-order valence-electron chi connectivity index (χ2n) is 13.1. The SMILES string of the molecule is COC[C@H]1N(c2cccc(-c3cccc(C)c3OCc3ccc4c(c3)CCN(CCC3CCOC3)C4)n2)C[C@@H]2C[C@@]21C(=O)O. The van der Waals surface area contributed by atoms with Crippen molar-refractivity contribution in [3.05, 3.63) is 76.9 Å². The predicted molar refractivity (Wildman–Crippen MR) is 169 cm³/mol. The molecule has 4 aliphatic rings. The van der Waals surface area contributed by atoms with Crippen molar-refractivity contribution in [2.24, 2.45) is 17.3 Å². The molecule has 8 nitrogen and oxygen atoms in total. The second-order valence-corrected chi connectivity index (χ2v) is 13.1. The molecule has 0 spiro atoms. The van der Waals surface area contributed by atoms with Gasteiger partial charge in [-0.1, -0.05) is 36.4 Å². The third kappa shape index (κ3) is 5.48. The first-order valence-corrected chi connectivity index (χ1v) is 16.1. The highest BCUT2D eigenvalue weighted by Crippen LogP contribution is 2.62. The van der Waals surface area contributed by atoms with E-state index in [2.05, 4.69) is 47.1 Å². The number of para-hydroxylation sites is 1. The third-order valence-corrected chi connectivity index (χ3v) is 10.4. The number of ether oxygens (including phenoxy) is 3. The molecule has 1 N–H and O–H groups in total.